The van der Waals surface area contributed by atoms with Crippen LogP contribution in [-0.4, -0.2) is 43.0 Å². The number of carbonyl (C=O) groups excluding carboxylic acids is 2. The van der Waals surface area contributed by atoms with Gasteiger partial charge in [0.15, 0.2) is 18.1 Å². The van der Waals surface area contributed by atoms with Crippen molar-refractivity contribution in [1.29, 1.82) is 0 Å². The normalized spacial score (nSPS) is 15.7. The molecule has 2 aromatic rings. The first-order valence-corrected chi connectivity index (χ1v) is 11.0. The number of allylic oxidation sites excluding steroid dienone is 1. The summed E-state index contributed by atoms with van der Waals surface area (Å²) in [4.78, 5) is 27.3. The lowest BCUT2D eigenvalue weighted by molar-refractivity contribution is -0.118. The molecule has 1 fully saturated rings. The molecule has 0 radical (unpaired) electrons. The number of piperidine rings is 1. The average Bonchev–Trinajstić information content (AvgIpc) is 2.79. The fourth-order valence-electron chi connectivity index (χ4n) is 3.96. The monoisotopic (exact) mass is 436 g/mol. The van der Waals surface area contributed by atoms with E-state index in [0.717, 1.165) is 36.9 Å². The van der Waals surface area contributed by atoms with Gasteiger partial charge in [0, 0.05) is 23.8 Å². The molecular weight excluding hydrogens is 404 g/mol. The van der Waals surface area contributed by atoms with Gasteiger partial charge in [-0.3, -0.25) is 9.59 Å². The van der Waals surface area contributed by atoms with Gasteiger partial charge in [0.25, 0.3) is 11.8 Å². The fraction of sp³-hybridized carbons (Fsp3) is 0.385. The molecule has 3 rings (SSSR count). The molecule has 1 atom stereocenters. The quantitative estimate of drug-likeness (QED) is 0.606. The van der Waals surface area contributed by atoms with Gasteiger partial charge in [0.05, 0.1) is 7.11 Å². The second kappa shape index (κ2) is 10.8. The number of nitrogens with one attached hydrogen (secondary N) is 1. The van der Waals surface area contributed by atoms with Crippen LogP contribution in [-0.2, 0) is 11.2 Å². The molecular formula is C26H32N2O4. The summed E-state index contributed by atoms with van der Waals surface area (Å²) < 4.78 is 11.0. The molecule has 1 aliphatic heterocycles. The van der Waals surface area contributed by atoms with Crippen molar-refractivity contribution in [2.75, 3.05) is 25.6 Å². The van der Waals surface area contributed by atoms with Crippen LogP contribution < -0.4 is 14.8 Å². The van der Waals surface area contributed by atoms with E-state index in [1.165, 1.54) is 6.42 Å². The number of aryl methyl sites for hydroxylation is 1. The van der Waals surface area contributed by atoms with Gasteiger partial charge in [-0.2, -0.15) is 0 Å². The maximum atomic E-state index is 12.9. The second-order valence-electron chi connectivity index (χ2n) is 8.19. The zero-order valence-electron chi connectivity index (χ0n) is 19.1. The van der Waals surface area contributed by atoms with Crippen LogP contribution in [0.1, 0.15) is 47.7 Å². The predicted octanol–water partition coefficient (Wildman–Crippen LogP) is 4.76. The van der Waals surface area contributed by atoms with E-state index in [4.69, 9.17) is 9.47 Å². The van der Waals surface area contributed by atoms with E-state index in [1.54, 1.807) is 25.3 Å². The van der Waals surface area contributed by atoms with Crippen molar-refractivity contribution < 1.29 is 19.1 Å². The zero-order valence-corrected chi connectivity index (χ0v) is 19.1. The van der Waals surface area contributed by atoms with E-state index in [0.29, 0.717) is 22.7 Å². The zero-order chi connectivity index (χ0) is 23.1. The smallest absolute Gasteiger partial charge is 0.262 e. The maximum Gasteiger partial charge on any atom is 0.262 e. The first kappa shape index (κ1) is 23.4. The number of methoxy groups -OCH3 is 1. The van der Waals surface area contributed by atoms with Gasteiger partial charge in [0.1, 0.15) is 0 Å². The van der Waals surface area contributed by atoms with Crippen LogP contribution in [0.25, 0.3) is 0 Å². The third-order valence-corrected chi connectivity index (χ3v) is 5.78. The highest BCUT2D eigenvalue weighted by atomic mass is 16.5. The minimum Gasteiger partial charge on any atom is -0.493 e. The van der Waals surface area contributed by atoms with Crippen LogP contribution in [0, 0.1) is 6.92 Å². The number of amides is 2. The van der Waals surface area contributed by atoms with Crippen LogP contribution in [0.4, 0.5) is 5.69 Å². The number of carbonyl (C=O) groups is 2. The highest BCUT2D eigenvalue weighted by molar-refractivity contribution is 5.97. The van der Waals surface area contributed by atoms with Crippen molar-refractivity contribution in [2.45, 2.75) is 45.6 Å². The Morgan fingerprint density at radius 1 is 1.19 bits per heavy atom. The summed E-state index contributed by atoms with van der Waals surface area (Å²) in [7, 11) is 1.57. The molecule has 2 amide bonds. The lowest BCUT2D eigenvalue weighted by atomic mass is 10.0. The Morgan fingerprint density at radius 2 is 2.00 bits per heavy atom. The number of likely N-dealkylation sites (tertiary alicyclic amines) is 1. The van der Waals surface area contributed by atoms with Crippen molar-refractivity contribution in [3.63, 3.8) is 0 Å². The minimum atomic E-state index is -0.283. The van der Waals surface area contributed by atoms with E-state index >= 15 is 0 Å². The van der Waals surface area contributed by atoms with Gasteiger partial charge < -0.3 is 19.7 Å². The molecule has 1 N–H and O–H groups in total. The number of nitrogens with zero attached hydrogens (tertiary/aromatic N) is 1. The van der Waals surface area contributed by atoms with E-state index < -0.39 is 0 Å². The average molecular weight is 437 g/mol. The highest BCUT2D eigenvalue weighted by Gasteiger charge is 2.24. The third kappa shape index (κ3) is 5.69. The van der Waals surface area contributed by atoms with E-state index in [2.05, 4.69) is 18.8 Å². The van der Waals surface area contributed by atoms with E-state index in [9.17, 15) is 9.59 Å². The Balaban J connectivity index is 1.61. The van der Waals surface area contributed by atoms with Crippen molar-refractivity contribution in [1.82, 2.24) is 4.90 Å². The van der Waals surface area contributed by atoms with Crippen LogP contribution in [0.2, 0.25) is 0 Å². The lowest BCUT2D eigenvalue weighted by Crippen LogP contribution is -2.42. The molecule has 2 aromatic carbocycles. The van der Waals surface area contributed by atoms with Crippen molar-refractivity contribution in [2.24, 2.45) is 0 Å². The summed E-state index contributed by atoms with van der Waals surface area (Å²) in [6, 6.07) is 11.2. The van der Waals surface area contributed by atoms with Crippen LogP contribution in [0.15, 0.2) is 49.1 Å². The topological polar surface area (TPSA) is 67.9 Å². The number of rotatable bonds is 8. The molecule has 6 nitrogen and oxygen atoms in total. The van der Waals surface area contributed by atoms with Crippen LogP contribution >= 0.6 is 0 Å². The first-order chi connectivity index (χ1) is 15.4. The predicted molar refractivity (Wildman–Crippen MR) is 127 cm³/mol. The number of benzene rings is 2. The first-order valence-electron chi connectivity index (χ1n) is 11.0. The molecule has 170 valence electrons. The summed E-state index contributed by atoms with van der Waals surface area (Å²) in [6.45, 7) is 8.37. The Morgan fingerprint density at radius 3 is 2.69 bits per heavy atom. The molecule has 1 aliphatic rings. The molecule has 0 saturated carbocycles. The molecule has 0 aromatic heterocycles. The number of ether oxygens (including phenoxy) is 2. The van der Waals surface area contributed by atoms with Gasteiger partial charge in [0.2, 0.25) is 0 Å². The Bertz CT molecular complexity index is 986. The van der Waals surface area contributed by atoms with Gasteiger partial charge in [-0.05, 0) is 81.0 Å². The molecule has 32 heavy (non-hydrogen) atoms. The summed E-state index contributed by atoms with van der Waals surface area (Å²) in [6.07, 6.45) is 5.80. The lowest BCUT2D eigenvalue weighted by Gasteiger charge is -2.33. The van der Waals surface area contributed by atoms with E-state index in [-0.39, 0.29) is 24.5 Å². The molecule has 1 saturated heterocycles. The Hall–Kier alpha value is -3.28. The molecule has 1 heterocycles. The highest BCUT2D eigenvalue weighted by Crippen LogP contribution is 2.28. The van der Waals surface area contributed by atoms with Gasteiger partial charge in [-0.1, -0.05) is 12.1 Å². The molecule has 0 bridgehead atoms. The molecule has 0 spiro atoms. The number of hydrogen-bond donors (Lipinski definition) is 1. The summed E-state index contributed by atoms with van der Waals surface area (Å²) in [5.74, 6) is 0.842. The van der Waals surface area contributed by atoms with E-state index in [1.807, 2.05) is 36.1 Å². The van der Waals surface area contributed by atoms with Crippen LogP contribution in [0.3, 0.4) is 0 Å². The fourth-order valence-corrected chi connectivity index (χ4v) is 3.96. The maximum absolute atomic E-state index is 12.9. The Kier molecular flexibility index (Phi) is 7.92. The van der Waals surface area contributed by atoms with Crippen molar-refractivity contribution in [3.05, 3.63) is 65.7 Å². The standard InChI is InChI=1S/C26H32N2O4/c1-5-8-20-10-13-23(24(16-20)31-4)32-17-25(29)27-22-12-11-21(15-18(22)2)26(30)28-14-7-6-9-19(28)3/h5,10-13,15-16,19H,1,6-9,14,17H2,2-4H3,(H,27,29). The largest absolute Gasteiger partial charge is 0.493 e. The SMILES string of the molecule is C=CCc1ccc(OCC(=O)Nc2ccc(C(=O)N3CCCCC3C)cc2C)c(OC)c1. The number of hydrogen-bond acceptors (Lipinski definition) is 4. The van der Waals surface area contributed by atoms with Crippen molar-refractivity contribution >= 4 is 17.5 Å². The summed E-state index contributed by atoms with van der Waals surface area (Å²) in [5.41, 5.74) is 3.20. The van der Waals surface area contributed by atoms with Gasteiger partial charge in [-0.25, -0.2) is 0 Å². The second-order valence-corrected chi connectivity index (χ2v) is 8.19. The van der Waals surface area contributed by atoms with Gasteiger partial charge >= 0.3 is 0 Å². The minimum absolute atomic E-state index is 0.0495. The molecule has 6 heteroatoms. The summed E-state index contributed by atoms with van der Waals surface area (Å²) >= 11 is 0. The van der Waals surface area contributed by atoms with Gasteiger partial charge in [-0.15, -0.1) is 6.58 Å². The van der Waals surface area contributed by atoms with Crippen molar-refractivity contribution in [3.8, 4) is 11.5 Å². The molecule has 1 unspecified atom stereocenters. The Labute approximate surface area is 190 Å². The molecule has 0 aliphatic carbocycles. The number of anilines is 1. The summed E-state index contributed by atoms with van der Waals surface area (Å²) in [5, 5.41) is 2.86. The third-order valence-electron chi connectivity index (χ3n) is 5.78. The van der Waals surface area contributed by atoms with Crippen LogP contribution in [0.5, 0.6) is 11.5 Å².